The van der Waals surface area contributed by atoms with Crippen LogP contribution < -0.4 is 0 Å². The number of hydrogen-bond donors (Lipinski definition) is 2. The van der Waals surface area contributed by atoms with Gasteiger partial charge in [0.1, 0.15) is 22.1 Å². The fourth-order valence-corrected chi connectivity index (χ4v) is 3.10. The maximum Gasteiger partial charge on any atom is 3.00 e. The van der Waals surface area contributed by atoms with Crippen LogP contribution in [0.25, 0.3) is 33.4 Å². The van der Waals surface area contributed by atoms with E-state index in [-0.39, 0.29) is 44.2 Å². The van der Waals surface area contributed by atoms with Gasteiger partial charge in [-0.2, -0.15) is 44.7 Å². The van der Waals surface area contributed by atoms with E-state index in [2.05, 4.69) is 32.5 Å². The summed E-state index contributed by atoms with van der Waals surface area (Å²) in [6.45, 7) is 0. The molecule has 0 aliphatic heterocycles. The van der Waals surface area contributed by atoms with Gasteiger partial charge in [0.2, 0.25) is 0 Å². The number of hydrogen-bond acceptors (Lipinski definition) is 6. The van der Waals surface area contributed by atoms with Crippen LogP contribution in [0.1, 0.15) is 0 Å². The van der Waals surface area contributed by atoms with Gasteiger partial charge in [0.25, 0.3) is 0 Å². The Morgan fingerprint density at radius 2 is 0.848 bits per heavy atom. The second-order valence-electron chi connectivity index (χ2n) is 6.76. The molecule has 0 spiro atoms. The molecule has 0 fully saturated rings. The van der Waals surface area contributed by atoms with Crippen LogP contribution in [-0.2, 0) is 32.7 Å². The molecule has 4 aromatic carbocycles. The monoisotopic (exact) mass is 509 g/mol. The van der Waals surface area contributed by atoms with Crippen LogP contribution in [0.3, 0.4) is 0 Å². The quantitative estimate of drug-likeness (QED) is 0.344. The van der Waals surface area contributed by atoms with Crippen molar-refractivity contribution in [2.24, 2.45) is 0 Å². The zero-order valence-electron chi connectivity index (χ0n) is 17.2. The molecule has 2 heterocycles. The molecule has 8 nitrogen and oxygen atoms in total. The molecule has 6 rings (SSSR count). The zero-order valence-corrected chi connectivity index (χ0v) is 20.1. The minimum Gasteiger partial charge on any atom is -0.532 e. The molecule has 9 heteroatoms. The van der Waals surface area contributed by atoms with E-state index in [1.165, 1.54) is 9.59 Å². The number of rotatable bonds is 2. The van der Waals surface area contributed by atoms with Crippen LogP contribution in [-0.4, -0.2) is 40.2 Å². The molecule has 0 atom stereocenters. The van der Waals surface area contributed by atoms with Gasteiger partial charge in [-0.05, 0) is 24.3 Å². The number of phenols is 2. The van der Waals surface area contributed by atoms with Crippen LogP contribution in [0.4, 0.5) is 0 Å². The minimum atomic E-state index is 0. The Labute approximate surface area is 214 Å². The Morgan fingerprint density at radius 3 is 1.15 bits per heavy atom. The van der Waals surface area contributed by atoms with E-state index in [1.54, 1.807) is 36.4 Å². The van der Waals surface area contributed by atoms with Gasteiger partial charge < -0.3 is 10.2 Å². The molecule has 2 N–H and O–H groups in total. The van der Waals surface area contributed by atoms with Crippen LogP contribution in [0.2, 0.25) is 0 Å². The normalized spacial score (nSPS) is 10.4. The molecule has 0 aliphatic rings. The first kappa shape index (κ1) is 22.6. The predicted octanol–water partition coefficient (Wildman–Crippen LogP) is 3.85. The summed E-state index contributed by atoms with van der Waals surface area (Å²) in [5, 5.41) is 36.3. The van der Waals surface area contributed by atoms with Gasteiger partial charge in [-0.1, -0.05) is 24.3 Å². The SMILES string of the molecule is Oc1[c-]cccc1-n1nc2ccccc2n1.Oc1[c-]cccc1-n1nc2ccccc2n1.[Y+3]. The van der Waals surface area contributed by atoms with Crippen molar-refractivity contribution in [1.82, 2.24) is 30.0 Å². The predicted molar refractivity (Wildman–Crippen MR) is 119 cm³/mol. The van der Waals surface area contributed by atoms with Crippen molar-refractivity contribution >= 4 is 22.1 Å². The summed E-state index contributed by atoms with van der Waals surface area (Å²) in [4.78, 5) is 2.83. The van der Waals surface area contributed by atoms with E-state index in [4.69, 9.17) is 0 Å². The second-order valence-corrected chi connectivity index (χ2v) is 6.76. The summed E-state index contributed by atoms with van der Waals surface area (Å²) < 4.78 is 0. The molecule has 156 valence electrons. The number of fused-ring (bicyclic) bond motifs is 2. The third-order valence-corrected chi connectivity index (χ3v) is 4.63. The van der Waals surface area contributed by atoms with Crippen LogP contribution >= 0.6 is 0 Å². The summed E-state index contributed by atoms with van der Waals surface area (Å²) in [5.41, 5.74) is 4.24. The standard InChI is InChI=1S/2C12H8N3O.Y/c2*16-12-8-4-3-7-11(12)15-13-9-5-1-2-6-10(9)14-15;/h2*1-7,16H;/q2*-1;+3. The first-order valence-corrected chi connectivity index (χ1v) is 9.73. The van der Waals surface area contributed by atoms with Crippen molar-refractivity contribution in [3.05, 3.63) is 97.1 Å². The largest absolute Gasteiger partial charge is 3.00 e. The average molecular weight is 509 g/mol. The molecule has 0 bridgehead atoms. The maximum atomic E-state index is 9.63. The van der Waals surface area contributed by atoms with Crippen LogP contribution in [0.5, 0.6) is 11.5 Å². The molecule has 33 heavy (non-hydrogen) atoms. The topological polar surface area (TPSA) is 102 Å². The van der Waals surface area contributed by atoms with Gasteiger partial charge in [-0.3, -0.25) is 0 Å². The molecule has 0 saturated carbocycles. The number of aromatic hydroxyl groups is 2. The van der Waals surface area contributed by atoms with Crippen molar-refractivity contribution in [3.8, 4) is 22.9 Å². The number of phenolic OH excluding ortho intramolecular Hbond substituents is 2. The van der Waals surface area contributed by atoms with Crippen LogP contribution in [0, 0.1) is 12.1 Å². The zero-order chi connectivity index (χ0) is 21.9. The Bertz CT molecular complexity index is 1350. The Balaban J connectivity index is 0.000000152. The fraction of sp³-hybridized carbons (Fsp3) is 0. The summed E-state index contributed by atoms with van der Waals surface area (Å²) in [5.74, 6) is 0.0885. The smallest absolute Gasteiger partial charge is 0.532 e. The summed E-state index contributed by atoms with van der Waals surface area (Å²) in [6.07, 6.45) is 0. The van der Waals surface area contributed by atoms with Gasteiger partial charge in [0.05, 0.1) is 0 Å². The first-order chi connectivity index (χ1) is 15.7. The number of para-hydroxylation sites is 2. The van der Waals surface area contributed by atoms with Gasteiger partial charge >= 0.3 is 32.7 Å². The van der Waals surface area contributed by atoms with E-state index in [0.717, 1.165) is 22.1 Å². The molecule has 0 unspecified atom stereocenters. The van der Waals surface area contributed by atoms with Crippen molar-refractivity contribution in [2.45, 2.75) is 0 Å². The summed E-state index contributed by atoms with van der Waals surface area (Å²) in [6, 6.07) is 30.8. The van der Waals surface area contributed by atoms with Gasteiger partial charge in [0.15, 0.2) is 0 Å². The molecule has 0 saturated heterocycles. The van der Waals surface area contributed by atoms with Crippen molar-refractivity contribution < 1.29 is 42.9 Å². The van der Waals surface area contributed by atoms with Crippen molar-refractivity contribution in [1.29, 1.82) is 0 Å². The van der Waals surface area contributed by atoms with Gasteiger partial charge in [-0.15, -0.1) is 24.3 Å². The van der Waals surface area contributed by atoms with Gasteiger partial charge in [-0.25, -0.2) is 9.59 Å². The maximum absolute atomic E-state index is 9.63. The number of aromatic nitrogens is 6. The fourth-order valence-electron chi connectivity index (χ4n) is 3.10. The first-order valence-electron chi connectivity index (χ1n) is 9.73. The van der Waals surface area contributed by atoms with E-state index < -0.39 is 0 Å². The summed E-state index contributed by atoms with van der Waals surface area (Å²) >= 11 is 0. The van der Waals surface area contributed by atoms with E-state index in [9.17, 15) is 10.2 Å². The van der Waals surface area contributed by atoms with E-state index in [1.807, 2.05) is 48.5 Å². The molecule has 0 radical (unpaired) electrons. The third-order valence-electron chi connectivity index (χ3n) is 4.63. The molecule has 0 aliphatic carbocycles. The Hall–Kier alpha value is -3.62. The average Bonchev–Trinajstić information content (AvgIpc) is 3.44. The molecular weight excluding hydrogens is 493 g/mol. The van der Waals surface area contributed by atoms with E-state index in [0.29, 0.717) is 11.4 Å². The van der Waals surface area contributed by atoms with Crippen molar-refractivity contribution in [3.63, 3.8) is 0 Å². The molecule has 2 aromatic heterocycles. The Morgan fingerprint density at radius 1 is 0.515 bits per heavy atom. The third kappa shape index (κ3) is 4.77. The van der Waals surface area contributed by atoms with E-state index >= 15 is 0 Å². The van der Waals surface area contributed by atoms with Crippen LogP contribution in [0.15, 0.2) is 84.9 Å². The Kier molecular flexibility index (Phi) is 6.77. The van der Waals surface area contributed by atoms with Crippen molar-refractivity contribution in [2.75, 3.05) is 0 Å². The summed E-state index contributed by atoms with van der Waals surface area (Å²) in [7, 11) is 0. The molecule has 0 amide bonds. The van der Waals surface area contributed by atoms with Gasteiger partial charge in [0, 0.05) is 22.9 Å². The minimum absolute atomic E-state index is 0. The molecular formula is C24H16N6O2Y+. The number of nitrogens with zero attached hydrogens (tertiary/aromatic N) is 6. The second kappa shape index (κ2) is 9.89. The number of benzene rings is 4. The molecule has 6 aromatic rings.